The van der Waals surface area contributed by atoms with Crippen LogP contribution in [0.3, 0.4) is 0 Å². The number of carbonyl (C=O) groups excluding carboxylic acids is 1. The number of nitrogens with one attached hydrogen (secondary N) is 1. The van der Waals surface area contributed by atoms with Crippen LogP contribution in [-0.2, 0) is 0 Å². The lowest BCUT2D eigenvalue weighted by Gasteiger charge is -2.30. The summed E-state index contributed by atoms with van der Waals surface area (Å²) in [6.07, 6.45) is 2.59. The van der Waals surface area contributed by atoms with Gasteiger partial charge >= 0.3 is 0 Å². The van der Waals surface area contributed by atoms with Crippen molar-refractivity contribution in [1.29, 1.82) is 0 Å². The van der Waals surface area contributed by atoms with Crippen LogP contribution in [0.4, 0.5) is 0 Å². The van der Waals surface area contributed by atoms with Crippen LogP contribution in [0, 0.1) is 5.41 Å². The molecule has 1 aromatic carbocycles. The van der Waals surface area contributed by atoms with Crippen molar-refractivity contribution in [3.8, 4) is 0 Å². The molecule has 0 bridgehead atoms. The molecule has 0 unspecified atom stereocenters. The molecule has 0 saturated heterocycles. The Hall–Kier alpha value is -1.90. The second-order valence-electron chi connectivity index (χ2n) is 6.18. The van der Waals surface area contributed by atoms with Crippen molar-refractivity contribution in [3.63, 3.8) is 0 Å². The Morgan fingerprint density at radius 1 is 1.25 bits per heavy atom. The van der Waals surface area contributed by atoms with Crippen molar-refractivity contribution in [2.45, 2.75) is 40.2 Å². The van der Waals surface area contributed by atoms with E-state index in [0.29, 0.717) is 5.69 Å². The normalized spacial score (nSPS) is 13.2. The Morgan fingerprint density at radius 2 is 1.95 bits per heavy atom. The molecule has 0 aliphatic carbocycles. The second kappa shape index (κ2) is 5.61. The van der Waals surface area contributed by atoms with Crippen molar-refractivity contribution in [1.82, 2.24) is 10.3 Å². The van der Waals surface area contributed by atoms with E-state index in [1.807, 2.05) is 30.3 Å². The number of fused-ring (bicyclic) bond motifs is 1. The van der Waals surface area contributed by atoms with Gasteiger partial charge in [0.2, 0.25) is 0 Å². The van der Waals surface area contributed by atoms with Crippen LogP contribution in [-0.4, -0.2) is 16.9 Å². The molecule has 0 aliphatic rings. The number of hydrogen-bond acceptors (Lipinski definition) is 2. The first-order valence-electron chi connectivity index (χ1n) is 7.08. The van der Waals surface area contributed by atoms with Gasteiger partial charge in [0, 0.05) is 17.6 Å². The maximum atomic E-state index is 12.5. The third-order valence-electron chi connectivity index (χ3n) is 3.65. The van der Waals surface area contributed by atoms with E-state index in [2.05, 4.69) is 38.0 Å². The number of pyridine rings is 1. The Morgan fingerprint density at radius 3 is 2.60 bits per heavy atom. The lowest BCUT2D eigenvalue weighted by molar-refractivity contribution is 0.0897. The van der Waals surface area contributed by atoms with Gasteiger partial charge in [-0.1, -0.05) is 52.0 Å². The summed E-state index contributed by atoms with van der Waals surface area (Å²) in [5.74, 6) is -0.0939. The smallest absolute Gasteiger partial charge is 0.270 e. The molecule has 0 aliphatic heterocycles. The molecular formula is C17H22N2O. The van der Waals surface area contributed by atoms with Gasteiger partial charge in [0.25, 0.3) is 5.91 Å². The first-order chi connectivity index (χ1) is 9.43. The third kappa shape index (κ3) is 2.98. The molecular weight excluding hydrogens is 248 g/mol. The maximum absolute atomic E-state index is 12.5. The second-order valence-corrected chi connectivity index (χ2v) is 6.18. The molecule has 106 valence electrons. The van der Waals surface area contributed by atoms with E-state index >= 15 is 0 Å². The molecule has 0 fully saturated rings. The largest absolute Gasteiger partial charge is 0.347 e. The zero-order valence-corrected chi connectivity index (χ0v) is 12.6. The molecule has 0 saturated carbocycles. The Balaban J connectivity index is 2.32. The highest BCUT2D eigenvalue weighted by Gasteiger charge is 2.25. The average molecular weight is 270 g/mol. The lowest BCUT2D eigenvalue weighted by atomic mass is 9.85. The summed E-state index contributed by atoms with van der Waals surface area (Å²) >= 11 is 0. The summed E-state index contributed by atoms with van der Waals surface area (Å²) in [6, 6.07) is 9.89. The molecule has 1 N–H and O–H groups in total. The van der Waals surface area contributed by atoms with Crippen LogP contribution in [0.15, 0.2) is 36.5 Å². The molecule has 2 rings (SSSR count). The molecule has 0 radical (unpaired) electrons. The van der Waals surface area contributed by atoms with Gasteiger partial charge in [0.05, 0.1) is 0 Å². The van der Waals surface area contributed by atoms with Crippen molar-refractivity contribution < 1.29 is 4.79 Å². The van der Waals surface area contributed by atoms with Gasteiger partial charge in [0.15, 0.2) is 0 Å². The molecule has 1 heterocycles. The number of rotatable bonds is 3. The van der Waals surface area contributed by atoms with E-state index in [9.17, 15) is 4.79 Å². The molecule has 20 heavy (non-hydrogen) atoms. The SMILES string of the molecule is CC[C@@H](NC(=O)c1nccc2ccccc12)C(C)(C)C. The predicted octanol–water partition coefficient (Wildman–Crippen LogP) is 3.79. The molecule has 1 aromatic heterocycles. The summed E-state index contributed by atoms with van der Waals surface area (Å²) in [7, 11) is 0. The van der Waals surface area contributed by atoms with E-state index in [1.165, 1.54) is 0 Å². The first kappa shape index (κ1) is 14.5. The number of aromatic nitrogens is 1. The summed E-state index contributed by atoms with van der Waals surface area (Å²) in [6.45, 7) is 8.50. The van der Waals surface area contributed by atoms with Crippen LogP contribution in [0.25, 0.3) is 10.8 Å². The Bertz CT molecular complexity index is 608. The van der Waals surface area contributed by atoms with Crippen LogP contribution in [0.5, 0.6) is 0 Å². The quantitative estimate of drug-likeness (QED) is 0.922. The number of carbonyl (C=O) groups is 1. The van der Waals surface area contributed by atoms with Gasteiger partial charge < -0.3 is 5.32 Å². The number of hydrogen-bond donors (Lipinski definition) is 1. The highest BCUT2D eigenvalue weighted by molar-refractivity contribution is 6.05. The average Bonchev–Trinajstić information content (AvgIpc) is 2.42. The van der Waals surface area contributed by atoms with Crippen molar-refractivity contribution >= 4 is 16.7 Å². The van der Waals surface area contributed by atoms with E-state index in [0.717, 1.165) is 17.2 Å². The Labute approximate surface area is 120 Å². The zero-order valence-electron chi connectivity index (χ0n) is 12.6. The van der Waals surface area contributed by atoms with E-state index in [1.54, 1.807) is 6.20 Å². The molecule has 3 heteroatoms. The highest BCUT2D eigenvalue weighted by atomic mass is 16.1. The van der Waals surface area contributed by atoms with Gasteiger partial charge in [-0.2, -0.15) is 0 Å². The fourth-order valence-electron chi connectivity index (χ4n) is 2.46. The molecule has 0 spiro atoms. The van der Waals surface area contributed by atoms with Crippen molar-refractivity contribution in [2.24, 2.45) is 5.41 Å². The number of nitrogens with zero attached hydrogens (tertiary/aromatic N) is 1. The number of benzene rings is 1. The molecule has 1 amide bonds. The van der Waals surface area contributed by atoms with Crippen LogP contribution in [0.1, 0.15) is 44.6 Å². The minimum absolute atomic E-state index is 0.0367. The fourth-order valence-corrected chi connectivity index (χ4v) is 2.46. The van der Waals surface area contributed by atoms with Crippen molar-refractivity contribution in [3.05, 3.63) is 42.2 Å². The lowest BCUT2D eigenvalue weighted by Crippen LogP contribution is -2.43. The zero-order chi connectivity index (χ0) is 14.8. The standard InChI is InChI=1S/C17H22N2O/c1-5-14(17(2,3)4)19-16(20)15-13-9-7-6-8-12(13)10-11-18-15/h6-11,14H,5H2,1-4H3,(H,19,20)/t14-/m1/s1. The van der Waals surface area contributed by atoms with Crippen LogP contribution < -0.4 is 5.32 Å². The number of amides is 1. The van der Waals surface area contributed by atoms with Gasteiger partial charge in [0.1, 0.15) is 5.69 Å². The van der Waals surface area contributed by atoms with E-state index in [-0.39, 0.29) is 17.4 Å². The van der Waals surface area contributed by atoms with Crippen LogP contribution >= 0.6 is 0 Å². The van der Waals surface area contributed by atoms with Gasteiger partial charge in [-0.05, 0) is 23.3 Å². The van der Waals surface area contributed by atoms with Gasteiger partial charge in [-0.15, -0.1) is 0 Å². The molecule has 2 aromatic rings. The fraction of sp³-hybridized carbons (Fsp3) is 0.412. The summed E-state index contributed by atoms with van der Waals surface area (Å²) in [5, 5.41) is 5.05. The first-order valence-corrected chi connectivity index (χ1v) is 7.08. The molecule has 3 nitrogen and oxygen atoms in total. The van der Waals surface area contributed by atoms with Crippen LogP contribution in [0.2, 0.25) is 0 Å². The summed E-state index contributed by atoms with van der Waals surface area (Å²) < 4.78 is 0. The van der Waals surface area contributed by atoms with Gasteiger partial charge in [-0.3, -0.25) is 9.78 Å². The molecule has 1 atom stereocenters. The topological polar surface area (TPSA) is 42.0 Å². The van der Waals surface area contributed by atoms with E-state index < -0.39 is 0 Å². The summed E-state index contributed by atoms with van der Waals surface area (Å²) in [5.41, 5.74) is 0.542. The monoisotopic (exact) mass is 270 g/mol. The highest BCUT2D eigenvalue weighted by Crippen LogP contribution is 2.23. The van der Waals surface area contributed by atoms with E-state index in [4.69, 9.17) is 0 Å². The minimum Gasteiger partial charge on any atom is -0.347 e. The minimum atomic E-state index is -0.0939. The third-order valence-corrected chi connectivity index (χ3v) is 3.65. The van der Waals surface area contributed by atoms with Gasteiger partial charge in [-0.25, -0.2) is 0 Å². The maximum Gasteiger partial charge on any atom is 0.270 e. The summed E-state index contributed by atoms with van der Waals surface area (Å²) in [4.78, 5) is 16.8. The predicted molar refractivity (Wildman–Crippen MR) is 82.7 cm³/mol. The van der Waals surface area contributed by atoms with Crippen molar-refractivity contribution in [2.75, 3.05) is 0 Å². The Kier molecular flexibility index (Phi) is 4.07.